The van der Waals surface area contributed by atoms with Gasteiger partial charge in [-0.15, -0.1) is 0 Å². The van der Waals surface area contributed by atoms with Crippen molar-refractivity contribution in [2.24, 2.45) is 0 Å². The van der Waals surface area contributed by atoms with Crippen molar-refractivity contribution in [1.29, 1.82) is 0 Å². The molecule has 94 valence electrons. The molecule has 0 saturated heterocycles. The van der Waals surface area contributed by atoms with Crippen molar-refractivity contribution in [3.8, 4) is 5.82 Å². The molecule has 1 aliphatic carbocycles. The van der Waals surface area contributed by atoms with Crippen molar-refractivity contribution in [2.75, 3.05) is 0 Å². The van der Waals surface area contributed by atoms with Gasteiger partial charge in [0.05, 0.1) is 6.10 Å². The van der Waals surface area contributed by atoms with E-state index >= 15 is 0 Å². The first-order valence-corrected chi connectivity index (χ1v) is 6.49. The maximum absolute atomic E-state index is 10.1. The Morgan fingerprint density at radius 1 is 1.33 bits per heavy atom. The van der Waals surface area contributed by atoms with Gasteiger partial charge >= 0.3 is 0 Å². The quantitative estimate of drug-likeness (QED) is 0.835. The molecular formula is C15H18N2O. The van der Waals surface area contributed by atoms with Gasteiger partial charge in [0.1, 0.15) is 5.82 Å². The minimum Gasteiger partial charge on any atom is -0.388 e. The molecule has 0 spiro atoms. The van der Waals surface area contributed by atoms with E-state index in [1.165, 1.54) is 5.69 Å². The smallest absolute Gasteiger partial charge is 0.136 e. The summed E-state index contributed by atoms with van der Waals surface area (Å²) in [7, 11) is 0. The highest BCUT2D eigenvalue weighted by Crippen LogP contribution is 2.33. The number of hydrogen-bond donors (Lipinski definition) is 1. The maximum Gasteiger partial charge on any atom is 0.136 e. The number of pyridine rings is 1. The minimum absolute atomic E-state index is 0.306. The number of fused-ring (bicyclic) bond motifs is 1. The van der Waals surface area contributed by atoms with Crippen LogP contribution in [0.1, 0.15) is 41.5 Å². The van der Waals surface area contributed by atoms with Crippen LogP contribution in [0.15, 0.2) is 24.4 Å². The first-order chi connectivity index (χ1) is 8.66. The molecule has 2 heterocycles. The van der Waals surface area contributed by atoms with Crippen LogP contribution >= 0.6 is 0 Å². The number of aromatic nitrogens is 2. The van der Waals surface area contributed by atoms with Crippen molar-refractivity contribution in [1.82, 2.24) is 9.55 Å². The fourth-order valence-corrected chi connectivity index (χ4v) is 2.79. The van der Waals surface area contributed by atoms with E-state index in [-0.39, 0.29) is 6.10 Å². The standard InChI is InChI=1S/C15H18N2O/c1-10-6-7-15(16-9-10)17-11(2)8-12-13(17)4-3-5-14(12)18/h6-9,14,18H,3-5H2,1-2H3. The first kappa shape index (κ1) is 11.5. The predicted molar refractivity (Wildman–Crippen MR) is 70.9 cm³/mol. The summed E-state index contributed by atoms with van der Waals surface area (Å²) >= 11 is 0. The largest absolute Gasteiger partial charge is 0.388 e. The zero-order valence-corrected chi connectivity index (χ0v) is 10.8. The summed E-state index contributed by atoms with van der Waals surface area (Å²) in [6.45, 7) is 4.12. The van der Waals surface area contributed by atoms with Gasteiger partial charge < -0.3 is 9.67 Å². The van der Waals surface area contributed by atoms with Gasteiger partial charge in [-0.1, -0.05) is 6.07 Å². The van der Waals surface area contributed by atoms with Crippen LogP contribution in [0.25, 0.3) is 5.82 Å². The highest BCUT2D eigenvalue weighted by Gasteiger charge is 2.23. The molecule has 1 unspecified atom stereocenters. The topological polar surface area (TPSA) is 38.0 Å². The molecule has 0 radical (unpaired) electrons. The number of aryl methyl sites for hydroxylation is 2. The summed E-state index contributed by atoms with van der Waals surface area (Å²) in [5, 5.41) is 10.1. The van der Waals surface area contributed by atoms with E-state index in [4.69, 9.17) is 0 Å². The van der Waals surface area contributed by atoms with Crippen molar-refractivity contribution in [2.45, 2.75) is 39.2 Å². The summed E-state index contributed by atoms with van der Waals surface area (Å²) < 4.78 is 2.18. The lowest BCUT2D eigenvalue weighted by molar-refractivity contribution is 0.156. The monoisotopic (exact) mass is 242 g/mol. The van der Waals surface area contributed by atoms with E-state index in [1.54, 1.807) is 0 Å². The Kier molecular flexibility index (Phi) is 2.71. The molecule has 0 aliphatic heterocycles. The lowest BCUT2D eigenvalue weighted by Crippen LogP contribution is -2.12. The van der Waals surface area contributed by atoms with Gasteiger partial charge in [0, 0.05) is 23.1 Å². The average molecular weight is 242 g/mol. The predicted octanol–water partition coefficient (Wildman–Crippen LogP) is 2.86. The van der Waals surface area contributed by atoms with E-state index in [1.807, 2.05) is 19.2 Å². The number of rotatable bonds is 1. The molecule has 1 aliphatic rings. The highest BCUT2D eigenvalue weighted by molar-refractivity contribution is 5.40. The lowest BCUT2D eigenvalue weighted by Gasteiger charge is -2.20. The number of hydrogen-bond acceptors (Lipinski definition) is 2. The summed E-state index contributed by atoms with van der Waals surface area (Å²) in [6.07, 6.45) is 4.52. The van der Waals surface area contributed by atoms with Gasteiger partial charge in [0.25, 0.3) is 0 Å². The molecule has 0 fully saturated rings. The fourth-order valence-electron chi connectivity index (χ4n) is 2.79. The van der Waals surface area contributed by atoms with Crippen LogP contribution in [0.2, 0.25) is 0 Å². The maximum atomic E-state index is 10.1. The van der Waals surface area contributed by atoms with Gasteiger partial charge in [-0.3, -0.25) is 0 Å². The van der Waals surface area contributed by atoms with Crippen LogP contribution < -0.4 is 0 Å². The molecule has 0 amide bonds. The van der Waals surface area contributed by atoms with Crippen molar-refractivity contribution in [3.05, 3.63) is 46.9 Å². The summed E-state index contributed by atoms with van der Waals surface area (Å²) in [6, 6.07) is 6.22. The number of aliphatic hydroxyl groups excluding tert-OH is 1. The Balaban J connectivity index is 2.15. The molecule has 3 heteroatoms. The van der Waals surface area contributed by atoms with Crippen molar-refractivity contribution < 1.29 is 5.11 Å². The van der Waals surface area contributed by atoms with Crippen LogP contribution in [-0.2, 0) is 6.42 Å². The molecule has 18 heavy (non-hydrogen) atoms. The normalized spacial score (nSPS) is 18.7. The molecule has 2 aromatic heterocycles. The van der Waals surface area contributed by atoms with Crippen LogP contribution in [0.5, 0.6) is 0 Å². The van der Waals surface area contributed by atoms with Crippen LogP contribution in [0, 0.1) is 13.8 Å². The van der Waals surface area contributed by atoms with E-state index in [9.17, 15) is 5.11 Å². The Hall–Kier alpha value is -1.61. The van der Waals surface area contributed by atoms with Crippen molar-refractivity contribution in [3.63, 3.8) is 0 Å². The number of aliphatic hydroxyl groups is 1. The molecule has 0 aromatic carbocycles. The molecule has 1 N–H and O–H groups in total. The zero-order valence-electron chi connectivity index (χ0n) is 10.8. The summed E-state index contributed by atoms with van der Waals surface area (Å²) in [5.74, 6) is 0.952. The molecule has 0 saturated carbocycles. The SMILES string of the molecule is Cc1ccc(-n2c(C)cc3c2CCCC3O)nc1. The highest BCUT2D eigenvalue weighted by atomic mass is 16.3. The lowest BCUT2D eigenvalue weighted by atomic mass is 9.95. The molecule has 3 nitrogen and oxygen atoms in total. The Morgan fingerprint density at radius 3 is 2.89 bits per heavy atom. The second-order valence-corrected chi connectivity index (χ2v) is 5.12. The Labute approximate surface area is 107 Å². The van der Waals surface area contributed by atoms with Gasteiger partial charge in [0.2, 0.25) is 0 Å². The third-order valence-corrected chi connectivity index (χ3v) is 3.70. The van der Waals surface area contributed by atoms with Gasteiger partial charge in [-0.05, 0) is 50.8 Å². The molecule has 3 rings (SSSR count). The van der Waals surface area contributed by atoms with Crippen LogP contribution in [0.3, 0.4) is 0 Å². The van der Waals surface area contributed by atoms with Gasteiger partial charge in [0.15, 0.2) is 0 Å². The van der Waals surface area contributed by atoms with E-state index < -0.39 is 0 Å². The van der Waals surface area contributed by atoms with Crippen LogP contribution in [0.4, 0.5) is 0 Å². The summed E-state index contributed by atoms with van der Waals surface area (Å²) in [5.41, 5.74) is 4.62. The van der Waals surface area contributed by atoms with Gasteiger partial charge in [-0.2, -0.15) is 0 Å². The van der Waals surface area contributed by atoms with Gasteiger partial charge in [-0.25, -0.2) is 4.98 Å². The van der Waals surface area contributed by atoms with E-state index in [0.717, 1.165) is 41.9 Å². The molecule has 2 aromatic rings. The van der Waals surface area contributed by atoms with Crippen molar-refractivity contribution >= 4 is 0 Å². The molecule has 0 bridgehead atoms. The first-order valence-electron chi connectivity index (χ1n) is 6.49. The Bertz CT molecular complexity index is 569. The average Bonchev–Trinajstić information content (AvgIpc) is 2.69. The minimum atomic E-state index is -0.306. The third-order valence-electron chi connectivity index (χ3n) is 3.70. The molecule has 1 atom stereocenters. The Morgan fingerprint density at radius 2 is 2.17 bits per heavy atom. The second-order valence-electron chi connectivity index (χ2n) is 5.12. The molecular weight excluding hydrogens is 224 g/mol. The third kappa shape index (κ3) is 1.75. The van der Waals surface area contributed by atoms with Crippen LogP contribution in [-0.4, -0.2) is 14.7 Å². The second kappa shape index (κ2) is 4.25. The number of nitrogens with zero attached hydrogens (tertiary/aromatic N) is 2. The fraction of sp³-hybridized carbons (Fsp3) is 0.400. The van der Waals surface area contributed by atoms with E-state index in [0.29, 0.717) is 0 Å². The zero-order chi connectivity index (χ0) is 12.7. The summed E-state index contributed by atoms with van der Waals surface area (Å²) in [4.78, 5) is 4.50. The van der Waals surface area contributed by atoms with E-state index in [2.05, 4.69) is 28.6 Å².